The lowest BCUT2D eigenvalue weighted by Crippen LogP contribution is -2.46. The number of nitrogens with one attached hydrogen (secondary N) is 1. The third-order valence-electron chi connectivity index (χ3n) is 3.72. The molecule has 9 nitrogen and oxygen atoms in total. The third kappa shape index (κ3) is 5.27. The van der Waals surface area contributed by atoms with E-state index in [-0.39, 0.29) is 30.2 Å². The maximum absolute atomic E-state index is 12.7. The van der Waals surface area contributed by atoms with E-state index in [0.717, 1.165) is 11.0 Å². The fraction of sp³-hybridized carbons (Fsp3) is 0.438. The van der Waals surface area contributed by atoms with Crippen molar-refractivity contribution in [2.75, 3.05) is 13.1 Å². The summed E-state index contributed by atoms with van der Waals surface area (Å²) in [6, 6.07) is 2.93. The number of nitro groups is 1. The minimum Gasteiger partial charge on any atom is -0.480 e. The summed E-state index contributed by atoms with van der Waals surface area (Å²) in [4.78, 5) is 46.5. The Labute approximate surface area is 144 Å². The van der Waals surface area contributed by atoms with Crippen molar-refractivity contribution in [3.8, 4) is 0 Å². The summed E-state index contributed by atoms with van der Waals surface area (Å²) in [5.41, 5.74) is 0.329. The molecule has 0 aliphatic heterocycles. The van der Waals surface area contributed by atoms with E-state index in [1.54, 1.807) is 6.92 Å². The molecule has 0 radical (unpaired) electrons. The van der Waals surface area contributed by atoms with Crippen LogP contribution in [0, 0.1) is 10.1 Å². The second-order valence-corrected chi connectivity index (χ2v) is 5.45. The zero-order chi connectivity index (χ0) is 19.1. The first kappa shape index (κ1) is 20.1. The van der Waals surface area contributed by atoms with Crippen molar-refractivity contribution in [3.63, 3.8) is 0 Å². The lowest BCUT2D eigenvalue weighted by atomic mass is 10.1. The van der Waals surface area contributed by atoms with E-state index in [4.69, 9.17) is 0 Å². The molecule has 0 fully saturated rings. The van der Waals surface area contributed by atoms with Crippen LogP contribution in [0.15, 0.2) is 18.2 Å². The molecule has 0 aliphatic carbocycles. The fourth-order valence-corrected chi connectivity index (χ4v) is 2.29. The molecule has 2 amide bonds. The Morgan fingerprint density at radius 2 is 2.00 bits per heavy atom. The van der Waals surface area contributed by atoms with E-state index in [1.807, 2.05) is 0 Å². The predicted octanol–water partition coefficient (Wildman–Crippen LogP) is 1.21. The van der Waals surface area contributed by atoms with Gasteiger partial charge in [-0.3, -0.25) is 19.7 Å². The summed E-state index contributed by atoms with van der Waals surface area (Å²) in [6.45, 7) is 4.45. The highest BCUT2D eigenvalue weighted by Gasteiger charge is 2.27. The van der Waals surface area contributed by atoms with Crippen LogP contribution in [0.1, 0.15) is 36.7 Å². The zero-order valence-electron chi connectivity index (χ0n) is 14.3. The van der Waals surface area contributed by atoms with Crippen LogP contribution in [-0.4, -0.2) is 51.8 Å². The van der Waals surface area contributed by atoms with Gasteiger partial charge in [0, 0.05) is 37.2 Å². The molecule has 0 heterocycles. The van der Waals surface area contributed by atoms with Crippen molar-refractivity contribution in [2.45, 2.75) is 33.2 Å². The molecule has 0 bridgehead atoms. The largest absolute Gasteiger partial charge is 0.480 e. The van der Waals surface area contributed by atoms with Gasteiger partial charge in [-0.2, -0.15) is 0 Å². The topological polar surface area (TPSA) is 130 Å². The second kappa shape index (κ2) is 8.76. The van der Waals surface area contributed by atoms with E-state index < -0.39 is 22.8 Å². The van der Waals surface area contributed by atoms with Gasteiger partial charge in [0.2, 0.25) is 5.91 Å². The monoisotopic (exact) mass is 351 g/mol. The van der Waals surface area contributed by atoms with E-state index in [2.05, 4.69) is 5.32 Å². The van der Waals surface area contributed by atoms with Crippen molar-refractivity contribution < 1.29 is 24.4 Å². The van der Waals surface area contributed by atoms with Gasteiger partial charge in [0.1, 0.15) is 6.04 Å². The van der Waals surface area contributed by atoms with Crippen LogP contribution in [-0.2, 0) is 16.0 Å². The number of aryl methyl sites for hydroxylation is 1. The Morgan fingerprint density at radius 3 is 2.48 bits per heavy atom. The minimum absolute atomic E-state index is 0.0276. The molecule has 25 heavy (non-hydrogen) atoms. The van der Waals surface area contributed by atoms with Crippen LogP contribution in [0.2, 0.25) is 0 Å². The standard InChI is InChI=1S/C16H21N3O6/c1-4-12-5-6-13(9-14(12)19(24)25)15(21)18(10(2)16(22)23)8-7-17-11(3)20/h5-6,9-10H,4,7-8H2,1-3H3,(H,17,20)(H,22,23). The Bertz CT molecular complexity index is 688. The van der Waals surface area contributed by atoms with E-state index >= 15 is 0 Å². The van der Waals surface area contributed by atoms with Gasteiger partial charge in [-0.15, -0.1) is 0 Å². The normalized spacial score (nSPS) is 11.5. The number of amides is 2. The predicted molar refractivity (Wildman–Crippen MR) is 89.3 cm³/mol. The number of hydrogen-bond acceptors (Lipinski definition) is 5. The smallest absolute Gasteiger partial charge is 0.326 e. The Balaban J connectivity index is 3.15. The number of nitro benzene ring substituents is 1. The van der Waals surface area contributed by atoms with Gasteiger partial charge in [-0.25, -0.2) is 4.79 Å². The highest BCUT2D eigenvalue weighted by atomic mass is 16.6. The summed E-state index contributed by atoms with van der Waals surface area (Å²) in [6.07, 6.45) is 0.433. The molecule has 9 heteroatoms. The molecule has 0 aliphatic rings. The van der Waals surface area contributed by atoms with Crippen LogP contribution < -0.4 is 5.32 Å². The second-order valence-electron chi connectivity index (χ2n) is 5.45. The number of hydrogen-bond donors (Lipinski definition) is 2. The van der Waals surface area contributed by atoms with Gasteiger partial charge < -0.3 is 15.3 Å². The number of nitrogens with zero attached hydrogens (tertiary/aromatic N) is 2. The number of carboxylic acids is 1. The maximum atomic E-state index is 12.7. The number of carbonyl (C=O) groups excluding carboxylic acids is 2. The van der Waals surface area contributed by atoms with Gasteiger partial charge in [0.25, 0.3) is 11.6 Å². The number of carboxylic acid groups (broad SMARTS) is 1. The highest BCUT2D eigenvalue weighted by Crippen LogP contribution is 2.22. The summed E-state index contributed by atoms with van der Waals surface area (Å²) in [5.74, 6) is -2.17. The number of benzene rings is 1. The third-order valence-corrected chi connectivity index (χ3v) is 3.72. The van der Waals surface area contributed by atoms with Gasteiger partial charge in [0.05, 0.1) is 4.92 Å². The lowest BCUT2D eigenvalue weighted by molar-refractivity contribution is -0.385. The van der Waals surface area contributed by atoms with Gasteiger partial charge in [0.15, 0.2) is 0 Å². The first-order valence-electron chi connectivity index (χ1n) is 7.74. The molecular formula is C16H21N3O6. The molecule has 0 spiro atoms. The number of aliphatic carboxylic acids is 1. The maximum Gasteiger partial charge on any atom is 0.326 e. The van der Waals surface area contributed by atoms with E-state index in [1.165, 1.54) is 26.0 Å². The number of rotatable bonds is 8. The van der Waals surface area contributed by atoms with Gasteiger partial charge >= 0.3 is 5.97 Å². The van der Waals surface area contributed by atoms with E-state index in [9.17, 15) is 29.6 Å². The van der Waals surface area contributed by atoms with Crippen LogP contribution in [0.3, 0.4) is 0 Å². The van der Waals surface area contributed by atoms with Crippen molar-refractivity contribution >= 4 is 23.5 Å². The molecule has 1 aromatic rings. The Hall–Kier alpha value is -2.97. The quantitative estimate of drug-likeness (QED) is 0.535. The molecule has 0 saturated carbocycles. The Kier molecular flexibility index (Phi) is 7.04. The summed E-state index contributed by atoms with van der Waals surface area (Å²) in [7, 11) is 0. The SMILES string of the molecule is CCc1ccc(C(=O)N(CCNC(C)=O)C(C)C(=O)O)cc1[N+](=O)[O-]. The van der Waals surface area contributed by atoms with Crippen molar-refractivity contribution in [2.24, 2.45) is 0 Å². The van der Waals surface area contributed by atoms with Crippen molar-refractivity contribution in [1.82, 2.24) is 10.2 Å². The zero-order valence-corrected chi connectivity index (χ0v) is 14.3. The molecule has 0 saturated heterocycles. The minimum atomic E-state index is -1.21. The Morgan fingerprint density at radius 1 is 1.36 bits per heavy atom. The van der Waals surface area contributed by atoms with Gasteiger partial charge in [-0.1, -0.05) is 13.0 Å². The van der Waals surface area contributed by atoms with E-state index in [0.29, 0.717) is 12.0 Å². The van der Waals surface area contributed by atoms with Gasteiger partial charge in [-0.05, 0) is 19.4 Å². The van der Waals surface area contributed by atoms with Crippen molar-refractivity contribution in [3.05, 3.63) is 39.4 Å². The first-order valence-corrected chi connectivity index (χ1v) is 7.74. The molecular weight excluding hydrogens is 330 g/mol. The average molecular weight is 351 g/mol. The lowest BCUT2D eigenvalue weighted by Gasteiger charge is -2.26. The molecule has 0 aromatic heterocycles. The summed E-state index contributed by atoms with van der Waals surface area (Å²) < 4.78 is 0. The average Bonchev–Trinajstić information content (AvgIpc) is 2.56. The van der Waals surface area contributed by atoms with Crippen LogP contribution in [0.5, 0.6) is 0 Å². The molecule has 1 unspecified atom stereocenters. The molecule has 1 aromatic carbocycles. The number of carbonyl (C=O) groups is 3. The highest BCUT2D eigenvalue weighted by molar-refractivity contribution is 5.97. The summed E-state index contributed by atoms with van der Waals surface area (Å²) >= 11 is 0. The summed E-state index contributed by atoms with van der Waals surface area (Å²) in [5, 5.41) is 22.8. The van der Waals surface area contributed by atoms with Crippen molar-refractivity contribution in [1.29, 1.82) is 0 Å². The van der Waals surface area contributed by atoms with Crippen LogP contribution in [0.4, 0.5) is 5.69 Å². The molecule has 1 atom stereocenters. The molecule has 1 rings (SSSR count). The van der Waals surface area contributed by atoms with Crippen LogP contribution >= 0.6 is 0 Å². The van der Waals surface area contributed by atoms with Crippen LogP contribution in [0.25, 0.3) is 0 Å². The molecule has 136 valence electrons. The first-order chi connectivity index (χ1) is 11.7. The molecule has 2 N–H and O–H groups in total. The fourth-order valence-electron chi connectivity index (χ4n) is 2.29.